The van der Waals surface area contributed by atoms with Crippen molar-refractivity contribution >= 4 is 17.2 Å². The summed E-state index contributed by atoms with van der Waals surface area (Å²) >= 11 is 0. The third-order valence-corrected chi connectivity index (χ3v) is 11.6. The van der Waals surface area contributed by atoms with Crippen LogP contribution in [-0.2, 0) is 4.79 Å². The molecular weight excluding hydrogens is 492 g/mol. The topological polar surface area (TPSA) is 52.9 Å². The summed E-state index contributed by atoms with van der Waals surface area (Å²) in [5.74, 6) is 8.76. The minimum atomic E-state index is -0.550. The molecule has 6 rings (SSSR count). The Hall–Kier alpha value is -2.80. The van der Waals surface area contributed by atoms with Crippen molar-refractivity contribution in [2.24, 2.45) is 33.7 Å². The summed E-state index contributed by atoms with van der Waals surface area (Å²) < 4.78 is 0. The zero-order chi connectivity index (χ0) is 28.1. The molecule has 1 unspecified atom stereocenters. The molecule has 1 aromatic rings. The van der Waals surface area contributed by atoms with E-state index < -0.39 is 5.41 Å². The van der Waals surface area contributed by atoms with E-state index in [4.69, 9.17) is 0 Å². The number of carbonyl (C=O) groups excluding carboxylic acids is 1. The summed E-state index contributed by atoms with van der Waals surface area (Å²) in [5, 5.41) is 13.2. The van der Waals surface area contributed by atoms with Crippen LogP contribution in [0.25, 0.3) is 0 Å². The third-order valence-electron chi connectivity index (χ3n) is 11.6. The van der Waals surface area contributed by atoms with E-state index in [1.165, 1.54) is 41.7 Å². The summed E-state index contributed by atoms with van der Waals surface area (Å²) in [4.78, 5) is 16.3. The lowest BCUT2D eigenvalue weighted by atomic mass is 9.47. The van der Waals surface area contributed by atoms with Crippen LogP contribution in [0.3, 0.4) is 0 Å². The summed E-state index contributed by atoms with van der Waals surface area (Å²) in [5.41, 5.74) is 7.35. The number of piperidine rings is 1. The SMILES string of the molecule is CC#C[C@]1(C(=O)CC)CC[C@H]2[C@@H]3CC(C)C4=CC(=NO)CCC4=C3[C@@H](c3ccc(N4CCCCC4)cc3)C[C@@]21C. The Bertz CT molecular complexity index is 1320. The van der Waals surface area contributed by atoms with Crippen LogP contribution in [0.5, 0.6) is 0 Å². The Kier molecular flexibility index (Phi) is 7.22. The van der Waals surface area contributed by atoms with Gasteiger partial charge in [0.2, 0.25) is 0 Å². The molecule has 1 N–H and O–H groups in total. The van der Waals surface area contributed by atoms with E-state index in [-0.39, 0.29) is 11.3 Å². The maximum absolute atomic E-state index is 13.8. The van der Waals surface area contributed by atoms with Crippen molar-refractivity contribution in [3.63, 3.8) is 0 Å². The zero-order valence-electron chi connectivity index (χ0n) is 24.9. The predicted octanol–water partition coefficient (Wildman–Crippen LogP) is 8.07. The van der Waals surface area contributed by atoms with Crippen molar-refractivity contribution in [3.8, 4) is 11.8 Å². The van der Waals surface area contributed by atoms with Gasteiger partial charge in [0.25, 0.3) is 0 Å². The van der Waals surface area contributed by atoms with Crippen LogP contribution >= 0.6 is 0 Å². The second kappa shape index (κ2) is 10.6. The van der Waals surface area contributed by atoms with Gasteiger partial charge in [0.15, 0.2) is 5.78 Å². The number of nitrogens with zero attached hydrogens (tertiary/aromatic N) is 2. The van der Waals surface area contributed by atoms with E-state index in [9.17, 15) is 10.0 Å². The largest absolute Gasteiger partial charge is 0.411 e. The molecule has 1 aliphatic heterocycles. The second-order valence-corrected chi connectivity index (χ2v) is 13.4. The molecule has 4 nitrogen and oxygen atoms in total. The van der Waals surface area contributed by atoms with Crippen LogP contribution in [-0.4, -0.2) is 29.8 Å². The van der Waals surface area contributed by atoms with Gasteiger partial charge >= 0.3 is 0 Å². The minimum absolute atomic E-state index is 0.151. The van der Waals surface area contributed by atoms with Crippen molar-refractivity contribution in [2.45, 2.75) is 97.8 Å². The van der Waals surface area contributed by atoms with Crippen molar-refractivity contribution in [3.05, 3.63) is 52.6 Å². The van der Waals surface area contributed by atoms with E-state index in [0.717, 1.165) is 57.3 Å². The standard InChI is InChI=1S/C36H46N2O2/c1-5-17-36(33(39)6-2)18-16-32-30-21-24(3)29-22-26(37-40)12-15-28(29)34(30)31(23-35(32,36)4)25-10-13-27(14-11-25)38-19-8-7-9-20-38/h10-11,13-14,22,24,30-32,40H,6-9,12,15-16,18-21,23H2,1-4H3/t24?,30-,31+,32-,35-,36+/m0/s1. The number of rotatable bonds is 4. The molecule has 1 heterocycles. The monoisotopic (exact) mass is 538 g/mol. The second-order valence-electron chi connectivity index (χ2n) is 13.4. The van der Waals surface area contributed by atoms with Crippen molar-refractivity contribution in [1.82, 2.24) is 0 Å². The molecule has 0 bridgehead atoms. The van der Waals surface area contributed by atoms with Crippen LogP contribution in [0.2, 0.25) is 0 Å². The Morgan fingerprint density at radius 1 is 1.15 bits per heavy atom. The van der Waals surface area contributed by atoms with Crippen LogP contribution < -0.4 is 4.90 Å². The number of Topliss-reactive ketones (excluding diaryl/α,β-unsaturated/α-hetero) is 1. The zero-order valence-corrected chi connectivity index (χ0v) is 24.9. The molecular formula is C36H46N2O2. The van der Waals surface area contributed by atoms with Gasteiger partial charge in [0, 0.05) is 31.1 Å². The maximum atomic E-state index is 13.8. The number of oxime groups is 1. The third kappa shape index (κ3) is 4.10. The number of benzene rings is 1. The van der Waals surface area contributed by atoms with Crippen LogP contribution in [0.4, 0.5) is 5.69 Å². The van der Waals surface area contributed by atoms with Gasteiger partial charge in [-0.2, -0.15) is 0 Å². The van der Waals surface area contributed by atoms with Crippen molar-refractivity contribution in [2.75, 3.05) is 18.0 Å². The van der Waals surface area contributed by atoms with Gasteiger partial charge in [-0.3, -0.25) is 4.79 Å². The molecule has 0 spiro atoms. The van der Waals surface area contributed by atoms with Gasteiger partial charge < -0.3 is 10.1 Å². The average Bonchev–Trinajstić information content (AvgIpc) is 3.29. The molecule has 40 heavy (non-hydrogen) atoms. The molecule has 0 amide bonds. The molecule has 1 aromatic carbocycles. The highest BCUT2D eigenvalue weighted by Crippen LogP contribution is 2.70. The lowest BCUT2D eigenvalue weighted by Crippen LogP contribution is -2.51. The molecule has 3 fully saturated rings. The fourth-order valence-electron chi connectivity index (χ4n) is 9.69. The van der Waals surface area contributed by atoms with E-state index in [2.05, 4.69) is 66.1 Å². The van der Waals surface area contributed by atoms with E-state index in [1.54, 1.807) is 5.57 Å². The van der Waals surface area contributed by atoms with Gasteiger partial charge in [-0.1, -0.05) is 49.6 Å². The molecule has 5 aliphatic rings. The quantitative estimate of drug-likeness (QED) is 0.240. The molecule has 4 aliphatic carbocycles. The smallest absolute Gasteiger partial charge is 0.151 e. The van der Waals surface area contributed by atoms with Crippen molar-refractivity contribution < 1.29 is 10.0 Å². The lowest BCUT2D eigenvalue weighted by molar-refractivity contribution is -0.132. The molecule has 1 saturated heterocycles. The van der Waals surface area contributed by atoms with Gasteiger partial charge in [-0.05, 0) is 123 Å². The summed E-state index contributed by atoms with van der Waals surface area (Å²) in [6.45, 7) is 11.0. The number of ketones is 1. The van der Waals surface area contributed by atoms with Gasteiger partial charge in [0.1, 0.15) is 0 Å². The van der Waals surface area contributed by atoms with Gasteiger partial charge in [-0.25, -0.2) is 0 Å². The van der Waals surface area contributed by atoms with E-state index >= 15 is 0 Å². The Morgan fingerprint density at radius 3 is 2.58 bits per heavy atom. The molecule has 4 heteroatoms. The molecule has 0 aromatic heterocycles. The highest BCUT2D eigenvalue weighted by atomic mass is 16.4. The summed E-state index contributed by atoms with van der Waals surface area (Å²) in [6, 6.07) is 9.47. The number of allylic oxidation sites excluding steroid dienone is 4. The number of anilines is 1. The number of fused-ring (bicyclic) bond motifs is 4. The first-order valence-electron chi connectivity index (χ1n) is 15.8. The highest BCUT2D eigenvalue weighted by Gasteiger charge is 2.65. The fourth-order valence-corrected chi connectivity index (χ4v) is 9.69. The van der Waals surface area contributed by atoms with Crippen LogP contribution in [0, 0.1) is 40.4 Å². The predicted molar refractivity (Wildman–Crippen MR) is 163 cm³/mol. The lowest BCUT2D eigenvalue weighted by Gasteiger charge is -2.55. The van der Waals surface area contributed by atoms with E-state index in [0.29, 0.717) is 30.0 Å². The Morgan fingerprint density at radius 2 is 1.90 bits per heavy atom. The number of hydrogen-bond acceptors (Lipinski definition) is 4. The highest BCUT2D eigenvalue weighted by molar-refractivity contribution is 5.97. The van der Waals surface area contributed by atoms with Crippen LogP contribution in [0.15, 0.2) is 52.2 Å². The summed E-state index contributed by atoms with van der Waals surface area (Å²) in [7, 11) is 0. The first-order chi connectivity index (χ1) is 19.4. The number of carbonyl (C=O) groups is 1. The maximum Gasteiger partial charge on any atom is 0.151 e. The van der Waals surface area contributed by atoms with Crippen molar-refractivity contribution in [1.29, 1.82) is 0 Å². The fraction of sp³-hybridized carbons (Fsp3) is 0.611. The average molecular weight is 539 g/mol. The Balaban J connectivity index is 1.50. The van der Waals surface area contributed by atoms with Gasteiger partial charge in [0.05, 0.1) is 11.1 Å². The molecule has 6 atom stereocenters. The molecule has 212 valence electrons. The first kappa shape index (κ1) is 27.4. The summed E-state index contributed by atoms with van der Waals surface area (Å²) in [6.07, 6.45) is 12.4. The number of hydrogen-bond donors (Lipinski definition) is 1. The normalized spacial score (nSPS) is 36.2. The first-order valence-corrected chi connectivity index (χ1v) is 15.8. The Labute approximate surface area is 241 Å². The molecule has 0 radical (unpaired) electrons. The minimum Gasteiger partial charge on any atom is -0.411 e. The molecule has 2 saturated carbocycles. The van der Waals surface area contributed by atoms with E-state index in [1.807, 2.05) is 13.8 Å². The van der Waals surface area contributed by atoms with Crippen LogP contribution in [0.1, 0.15) is 103 Å². The van der Waals surface area contributed by atoms with Gasteiger partial charge in [-0.15, -0.1) is 5.92 Å².